The Morgan fingerprint density at radius 1 is 1.22 bits per heavy atom. The van der Waals surface area contributed by atoms with Crippen LogP contribution in [-0.4, -0.2) is 5.75 Å². The summed E-state index contributed by atoms with van der Waals surface area (Å²) in [7, 11) is 0. The Labute approximate surface area is 118 Å². The number of nitrogens with one attached hydrogen (secondary N) is 1. The van der Waals surface area contributed by atoms with Crippen LogP contribution >= 0.6 is 27.7 Å². The van der Waals surface area contributed by atoms with Crippen LogP contribution in [-0.2, 0) is 0 Å². The van der Waals surface area contributed by atoms with Gasteiger partial charge >= 0.3 is 0 Å². The van der Waals surface area contributed by atoms with Gasteiger partial charge < -0.3 is 5.32 Å². The molecule has 0 aromatic heterocycles. The highest BCUT2D eigenvalue weighted by Gasteiger charge is 2.22. The molecule has 92 valence electrons. The standard InChI is InChI=1S/C14H11BrFNS/c15-11-7-9(5-6-12(11)16)17-13-8-18-14-4-2-1-3-10(13)14/h1-7,13,17H,8H2. The van der Waals surface area contributed by atoms with Gasteiger partial charge in [-0.05, 0) is 45.8 Å². The van der Waals surface area contributed by atoms with Gasteiger partial charge in [-0.15, -0.1) is 11.8 Å². The van der Waals surface area contributed by atoms with Crippen molar-refractivity contribution in [3.63, 3.8) is 0 Å². The minimum absolute atomic E-state index is 0.234. The fourth-order valence-corrected chi connectivity index (χ4v) is 3.61. The van der Waals surface area contributed by atoms with E-state index in [-0.39, 0.29) is 5.82 Å². The zero-order valence-electron chi connectivity index (χ0n) is 9.49. The fraction of sp³-hybridized carbons (Fsp3) is 0.143. The van der Waals surface area contributed by atoms with Crippen molar-refractivity contribution >= 4 is 33.4 Å². The highest BCUT2D eigenvalue weighted by Crippen LogP contribution is 2.39. The van der Waals surface area contributed by atoms with Gasteiger partial charge in [0.2, 0.25) is 0 Å². The summed E-state index contributed by atoms with van der Waals surface area (Å²) in [6, 6.07) is 13.7. The monoisotopic (exact) mass is 323 g/mol. The summed E-state index contributed by atoms with van der Waals surface area (Å²) in [4.78, 5) is 1.33. The van der Waals surface area contributed by atoms with Crippen LogP contribution in [0.5, 0.6) is 0 Å². The van der Waals surface area contributed by atoms with Gasteiger partial charge in [-0.1, -0.05) is 18.2 Å². The molecule has 2 aromatic rings. The van der Waals surface area contributed by atoms with E-state index in [1.807, 2.05) is 11.8 Å². The van der Waals surface area contributed by atoms with Gasteiger partial charge in [-0.3, -0.25) is 0 Å². The molecule has 1 aliphatic heterocycles. The van der Waals surface area contributed by atoms with Crippen LogP contribution in [0.1, 0.15) is 11.6 Å². The Morgan fingerprint density at radius 2 is 2.06 bits per heavy atom. The van der Waals surface area contributed by atoms with Gasteiger partial charge in [0.15, 0.2) is 0 Å². The SMILES string of the molecule is Fc1ccc(NC2CSc3ccccc32)cc1Br. The molecule has 1 heterocycles. The molecule has 4 heteroatoms. The predicted octanol–water partition coefficient (Wildman–Crippen LogP) is 4.85. The van der Waals surface area contributed by atoms with Crippen molar-refractivity contribution in [2.45, 2.75) is 10.9 Å². The normalized spacial score (nSPS) is 17.6. The Kier molecular flexibility index (Phi) is 3.31. The minimum atomic E-state index is -0.234. The maximum Gasteiger partial charge on any atom is 0.137 e. The van der Waals surface area contributed by atoms with Crippen molar-refractivity contribution in [1.82, 2.24) is 0 Å². The van der Waals surface area contributed by atoms with Crippen molar-refractivity contribution in [1.29, 1.82) is 0 Å². The second-order valence-corrected chi connectivity index (χ2v) is 6.09. The summed E-state index contributed by atoms with van der Waals surface area (Å²) < 4.78 is 13.7. The molecule has 0 amide bonds. The molecule has 0 radical (unpaired) electrons. The largest absolute Gasteiger partial charge is 0.377 e. The molecular weight excluding hydrogens is 313 g/mol. The molecule has 0 fully saturated rings. The summed E-state index contributed by atoms with van der Waals surface area (Å²) >= 11 is 5.06. The van der Waals surface area contributed by atoms with E-state index in [2.05, 4.69) is 45.5 Å². The quantitative estimate of drug-likeness (QED) is 0.848. The topological polar surface area (TPSA) is 12.0 Å². The van der Waals surface area contributed by atoms with Gasteiger partial charge in [0.1, 0.15) is 5.82 Å². The van der Waals surface area contributed by atoms with Gasteiger partial charge in [0, 0.05) is 16.3 Å². The average molecular weight is 324 g/mol. The molecule has 1 nitrogen and oxygen atoms in total. The summed E-state index contributed by atoms with van der Waals surface area (Å²) in [5, 5.41) is 3.45. The third kappa shape index (κ3) is 2.27. The summed E-state index contributed by atoms with van der Waals surface area (Å²) in [5.41, 5.74) is 2.26. The van der Waals surface area contributed by atoms with E-state index in [0.29, 0.717) is 10.5 Å². The average Bonchev–Trinajstić information content (AvgIpc) is 2.78. The van der Waals surface area contributed by atoms with Crippen LogP contribution in [0.4, 0.5) is 10.1 Å². The first-order chi connectivity index (χ1) is 8.74. The van der Waals surface area contributed by atoms with E-state index in [1.165, 1.54) is 16.5 Å². The molecule has 1 aliphatic rings. The number of fused-ring (bicyclic) bond motifs is 1. The number of hydrogen-bond acceptors (Lipinski definition) is 2. The number of thioether (sulfide) groups is 1. The molecule has 1 N–H and O–H groups in total. The van der Waals surface area contributed by atoms with Crippen molar-refractivity contribution in [2.75, 3.05) is 11.1 Å². The van der Waals surface area contributed by atoms with E-state index >= 15 is 0 Å². The Hall–Kier alpha value is -1.00. The number of benzene rings is 2. The maximum absolute atomic E-state index is 13.2. The molecule has 0 saturated carbocycles. The minimum Gasteiger partial charge on any atom is -0.377 e. The van der Waals surface area contributed by atoms with Crippen LogP contribution in [0.3, 0.4) is 0 Å². The Bertz CT molecular complexity index is 588. The maximum atomic E-state index is 13.2. The molecule has 1 unspecified atom stereocenters. The van der Waals surface area contributed by atoms with E-state index < -0.39 is 0 Å². The summed E-state index contributed by atoms with van der Waals surface area (Å²) in [6.07, 6.45) is 0. The molecule has 3 rings (SSSR count). The summed E-state index contributed by atoms with van der Waals surface area (Å²) in [6.45, 7) is 0. The van der Waals surface area contributed by atoms with E-state index in [0.717, 1.165) is 11.4 Å². The van der Waals surface area contributed by atoms with Crippen LogP contribution in [0.2, 0.25) is 0 Å². The van der Waals surface area contributed by atoms with Gasteiger partial charge in [-0.2, -0.15) is 0 Å². The lowest BCUT2D eigenvalue weighted by molar-refractivity contribution is 0.621. The van der Waals surface area contributed by atoms with Crippen molar-refractivity contribution < 1.29 is 4.39 Å². The smallest absolute Gasteiger partial charge is 0.137 e. The van der Waals surface area contributed by atoms with Crippen LogP contribution in [0, 0.1) is 5.82 Å². The Morgan fingerprint density at radius 3 is 2.89 bits per heavy atom. The number of anilines is 1. The molecular formula is C14H11BrFNS. The van der Waals surface area contributed by atoms with E-state index in [4.69, 9.17) is 0 Å². The third-order valence-electron chi connectivity index (χ3n) is 2.96. The van der Waals surface area contributed by atoms with Crippen LogP contribution < -0.4 is 5.32 Å². The molecule has 0 aliphatic carbocycles. The Balaban J connectivity index is 1.84. The molecule has 18 heavy (non-hydrogen) atoms. The van der Waals surface area contributed by atoms with Gasteiger partial charge in [0.05, 0.1) is 10.5 Å². The van der Waals surface area contributed by atoms with E-state index in [1.54, 1.807) is 12.1 Å². The number of hydrogen-bond donors (Lipinski definition) is 1. The van der Waals surface area contributed by atoms with E-state index in [9.17, 15) is 4.39 Å². The second kappa shape index (κ2) is 4.94. The predicted molar refractivity (Wildman–Crippen MR) is 77.6 cm³/mol. The van der Waals surface area contributed by atoms with Gasteiger partial charge in [-0.25, -0.2) is 4.39 Å². The zero-order valence-corrected chi connectivity index (χ0v) is 11.9. The number of rotatable bonds is 2. The fourth-order valence-electron chi connectivity index (χ4n) is 2.07. The molecule has 0 bridgehead atoms. The highest BCUT2D eigenvalue weighted by molar-refractivity contribution is 9.10. The van der Waals surface area contributed by atoms with Crippen LogP contribution in [0.25, 0.3) is 0 Å². The lowest BCUT2D eigenvalue weighted by atomic mass is 10.1. The lowest BCUT2D eigenvalue weighted by Crippen LogP contribution is -2.09. The first-order valence-corrected chi connectivity index (χ1v) is 7.45. The first-order valence-electron chi connectivity index (χ1n) is 5.67. The second-order valence-electron chi connectivity index (χ2n) is 4.17. The number of halogens is 2. The highest BCUT2D eigenvalue weighted by atomic mass is 79.9. The molecule has 2 aromatic carbocycles. The lowest BCUT2D eigenvalue weighted by Gasteiger charge is -2.15. The third-order valence-corrected chi connectivity index (χ3v) is 4.75. The zero-order chi connectivity index (χ0) is 12.5. The summed E-state index contributed by atoms with van der Waals surface area (Å²) in [5.74, 6) is 0.774. The molecule has 1 atom stereocenters. The van der Waals surface area contributed by atoms with Crippen molar-refractivity contribution in [3.8, 4) is 0 Å². The molecule has 0 spiro atoms. The van der Waals surface area contributed by atoms with Crippen molar-refractivity contribution in [3.05, 3.63) is 58.3 Å². The molecule has 0 saturated heterocycles. The van der Waals surface area contributed by atoms with Crippen LogP contribution in [0.15, 0.2) is 51.8 Å². The van der Waals surface area contributed by atoms with Crippen molar-refractivity contribution in [2.24, 2.45) is 0 Å². The first kappa shape index (κ1) is 12.1. The van der Waals surface area contributed by atoms with Gasteiger partial charge in [0.25, 0.3) is 0 Å².